The number of aromatic amines is 1. The summed E-state index contributed by atoms with van der Waals surface area (Å²) in [6.45, 7) is 0.650. The van der Waals surface area contributed by atoms with Crippen molar-refractivity contribution in [2.45, 2.75) is 17.1 Å². The molecule has 4 aromatic carbocycles. The van der Waals surface area contributed by atoms with Crippen LogP contribution in [-0.2, 0) is 25.7 Å². The van der Waals surface area contributed by atoms with Crippen LogP contribution in [0.25, 0.3) is 44.2 Å². The minimum absolute atomic E-state index is 0.0686. The number of sulfone groups is 1. The molecule has 0 saturated heterocycles. The quantitative estimate of drug-likeness (QED) is 0.158. The van der Waals surface area contributed by atoms with Gasteiger partial charge in [-0.1, -0.05) is 66.7 Å². The van der Waals surface area contributed by atoms with Crippen molar-refractivity contribution in [2.75, 3.05) is 26.4 Å². The van der Waals surface area contributed by atoms with E-state index in [4.69, 9.17) is 9.17 Å². The van der Waals surface area contributed by atoms with Gasteiger partial charge in [0.15, 0.2) is 9.84 Å². The molecule has 6 rings (SSSR count). The summed E-state index contributed by atoms with van der Waals surface area (Å²) in [7, 11) is -3.47. The minimum atomic E-state index is -3.73. The van der Waals surface area contributed by atoms with E-state index < -0.39 is 20.0 Å². The van der Waals surface area contributed by atoms with Crippen molar-refractivity contribution < 1.29 is 21.0 Å². The highest BCUT2D eigenvalue weighted by Gasteiger charge is 2.20. The first kappa shape index (κ1) is 30.5. The Morgan fingerprint density at radius 2 is 1.49 bits per heavy atom. The van der Waals surface area contributed by atoms with E-state index in [1.165, 1.54) is 0 Å². The zero-order valence-corrected chi connectivity index (χ0v) is 26.6. The molecular formula is C35H33N3O5S2. The number of rotatable bonds is 11. The van der Waals surface area contributed by atoms with E-state index in [2.05, 4.69) is 4.98 Å². The fourth-order valence-electron chi connectivity index (χ4n) is 5.48. The highest BCUT2D eigenvalue weighted by atomic mass is 32.2. The molecule has 8 nitrogen and oxygen atoms in total. The van der Waals surface area contributed by atoms with Crippen LogP contribution < -0.4 is 4.18 Å². The van der Waals surface area contributed by atoms with Crippen LogP contribution in [0.15, 0.2) is 114 Å². The fraction of sp³-hybridized carbons (Fsp3) is 0.171. The van der Waals surface area contributed by atoms with Gasteiger partial charge in [-0.25, -0.2) is 13.4 Å². The normalized spacial score (nSPS) is 12.2. The fourth-order valence-corrected chi connectivity index (χ4v) is 7.81. The topological polar surface area (TPSA) is 109 Å². The number of pyridine rings is 1. The number of H-pyrrole nitrogens is 1. The summed E-state index contributed by atoms with van der Waals surface area (Å²) in [6, 6.07) is 31.0. The second kappa shape index (κ2) is 12.5. The van der Waals surface area contributed by atoms with Gasteiger partial charge in [0.25, 0.3) is 0 Å². The lowest BCUT2D eigenvalue weighted by Gasteiger charge is -2.13. The van der Waals surface area contributed by atoms with Crippen molar-refractivity contribution >= 4 is 41.9 Å². The molecule has 0 atom stereocenters. The van der Waals surface area contributed by atoms with Crippen molar-refractivity contribution in [2.24, 2.45) is 0 Å². The van der Waals surface area contributed by atoms with E-state index in [-0.39, 0.29) is 22.2 Å². The third kappa shape index (κ3) is 6.78. The predicted octanol–water partition coefficient (Wildman–Crippen LogP) is 6.68. The molecule has 0 amide bonds. The maximum Gasteiger partial charge on any atom is 0.309 e. The van der Waals surface area contributed by atoms with E-state index in [0.29, 0.717) is 24.2 Å². The van der Waals surface area contributed by atoms with Gasteiger partial charge in [0.1, 0.15) is 11.4 Å². The van der Waals surface area contributed by atoms with Gasteiger partial charge >= 0.3 is 10.1 Å². The predicted molar refractivity (Wildman–Crippen MR) is 179 cm³/mol. The molecular weight excluding hydrogens is 607 g/mol. The van der Waals surface area contributed by atoms with Gasteiger partial charge < -0.3 is 14.1 Å². The second-order valence-electron chi connectivity index (χ2n) is 11.2. The molecule has 0 saturated carbocycles. The molecule has 0 spiro atoms. The summed E-state index contributed by atoms with van der Waals surface area (Å²) in [4.78, 5) is 10.4. The number of nitrogens with one attached hydrogen (secondary N) is 1. The number of hydrogen-bond donors (Lipinski definition) is 1. The largest absolute Gasteiger partial charge is 0.382 e. The van der Waals surface area contributed by atoms with Crippen LogP contribution in [0.4, 0.5) is 0 Å². The van der Waals surface area contributed by atoms with Crippen LogP contribution in [0.1, 0.15) is 12.0 Å². The highest BCUT2D eigenvalue weighted by Crippen LogP contribution is 2.41. The van der Waals surface area contributed by atoms with E-state index in [9.17, 15) is 16.8 Å². The Bertz CT molecular complexity index is 2180. The lowest BCUT2D eigenvalue weighted by Crippen LogP contribution is -2.20. The molecule has 2 heterocycles. The van der Waals surface area contributed by atoms with Gasteiger partial charge in [-0.15, -0.1) is 0 Å². The number of fused-ring (bicyclic) bond motifs is 3. The first-order valence-corrected chi connectivity index (χ1v) is 17.8. The Labute approximate surface area is 263 Å². The summed E-state index contributed by atoms with van der Waals surface area (Å²) in [6.07, 6.45) is 2.28. The zero-order chi connectivity index (χ0) is 31.6. The Morgan fingerprint density at radius 3 is 2.18 bits per heavy atom. The number of aromatic nitrogens is 2. The average molecular weight is 640 g/mol. The Kier molecular flexibility index (Phi) is 8.46. The van der Waals surface area contributed by atoms with Crippen LogP contribution in [0.2, 0.25) is 0 Å². The maximum absolute atomic E-state index is 13.2. The van der Waals surface area contributed by atoms with Crippen LogP contribution >= 0.6 is 0 Å². The molecule has 0 radical (unpaired) electrons. The molecule has 0 bridgehead atoms. The number of hydrogen-bond acceptors (Lipinski definition) is 7. The van der Waals surface area contributed by atoms with Crippen molar-refractivity contribution in [3.63, 3.8) is 0 Å². The second-order valence-corrected chi connectivity index (χ2v) is 14.9. The van der Waals surface area contributed by atoms with Crippen LogP contribution in [0.3, 0.4) is 0 Å². The molecule has 0 aliphatic rings. The van der Waals surface area contributed by atoms with Gasteiger partial charge in [0.2, 0.25) is 0 Å². The van der Waals surface area contributed by atoms with E-state index in [1.807, 2.05) is 79.7 Å². The molecule has 230 valence electrons. The van der Waals surface area contributed by atoms with Crippen LogP contribution in [0.5, 0.6) is 5.75 Å². The van der Waals surface area contributed by atoms with Crippen LogP contribution in [-0.4, -0.2) is 58.1 Å². The van der Waals surface area contributed by atoms with Gasteiger partial charge in [-0.2, -0.15) is 8.42 Å². The van der Waals surface area contributed by atoms with Gasteiger partial charge in [0.05, 0.1) is 16.4 Å². The Balaban J connectivity index is 1.41. The zero-order valence-electron chi connectivity index (χ0n) is 25.0. The Hall–Kier alpha value is -4.51. The third-order valence-electron chi connectivity index (χ3n) is 7.59. The van der Waals surface area contributed by atoms with Crippen molar-refractivity contribution in [3.05, 3.63) is 115 Å². The number of benzene rings is 4. The smallest absolute Gasteiger partial charge is 0.309 e. The summed E-state index contributed by atoms with van der Waals surface area (Å²) >= 11 is 0. The molecule has 1 N–H and O–H groups in total. The van der Waals surface area contributed by atoms with Crippen molar-refractivity contribution in [1.82, 2.24) is 14.9 Å². The molecule has 0 fully saturated rings. The van der Waals surface area contributed by atoms with Gasteiger partial charge in [-0.05, 0) is 80.1 Å². The SMILES string of the molecule is CN(C)CCCS(=O)(=O)Oc1ccc(-c2cnc3[nH]c4ccc(CS(=O)(=O)c5ccccc5)cc4c3c2-c2ccccc2)cc1. The molecule has 45 heavy (non-hydrogen) atoms. The monoisotopic (exact) mass is 639 g/mol. The standard InChI is InChI=1S/C35H33N3O5S2/c1-38(2)20-9-21-45(41,42)43-28-17-15-26(16-18-28)31-23-36-35-34(33(31)27-10-5-3-6-11-27)30-22-25(14-19-32(30)37-35)24-44(39,40)29-12-7-4-8-13-29/h3-8,10-19,22-23H,9,20-21,24H2,1-2H3,(H,36,37). The van der Waals surface area contributed by atoms with Gasteiger partial charge in [0, 0.05) is 33.6 Å². The minimum Gasteiger partial charge on any atom is -0.382 e. The summed E-state index contributed by atoms with van der Waals surface area (Å²) < 4.78 is 56.8. The third-order valence-corrected chi connectivity index (χ3v) is 10.5. The lowest BCUT2D eigenvalue weighted by molar-refractivity contribution is 0.404. The van der Waals surface area contributed by atoms with Crippen molar-refractivity contribution in [3.8, 4) is 28.0 Å². The Morgan fingerprint density at radius 1 is 0.800 bits per heavy atom. The molecule has 0 unspecified atom stereocenters. The maximum atomic E-state index is 13.2. The van der Waals surface area contributed by atoms with Crippen molar-refractivity contribution in [1.29, 1.82) is 0 Å². The van der Waals surface area contributed by atoms with E-state index in [1.54, 1.807) is 48.7 Å². The lowest BCUT2D eigenvalue weighted by atomic mass is 9.92. The summed E-state index contributed by atoms with van der Waals surface area (Å²) in [5.41, 5.74) is 5.77. The molecule has 10 heteroatoms. The van der Waals surface area contributed by atoms with E-state index >= 15 is 0 Å². The highest BCUT2D eigenvalue weighted by molar-refractivity contribution is 7.90. The molecule has 6 aromatic rings. The first-order valence-electron chi connectivity index (χ1n) is 14.5. The van der Waals surface area contributed by atoms with Gasteiger partial charge in [-0.3, -0.25) is 0 Å². The average Bonchev–Trinajstić information content (AvgIpc) is 3.39. The summed E-state index contributed by atoms with van der Waals surface area (Å²) in [5.74, 6) is 0.0450. The molecule has 2 aromatic heterocycles. The van der Waals surface area contributed by atoms with E-state index in [0.717, 1.165) is 38.5 Å². The van der Waals surface area contributed by atoms with Crippen LogP contribution in [0, 0.1) is 0 Å². The number of nitrogens with zero attached hydrogens (tertiary/aromatic N) is 2. The first-order chi connectivity index (χ1) is 21.6. The summed E-state index contributed by atoms with van der Waals surface area (Å²) in [5, 5.41) is 1.74. The molecule has 0 aliphatic carbocycles. The molecule has 0 aliphatic heterocycles.